The van der Waals surface area contributed by atoms with Crippen molar-refractivity contribution in [1.82, 2.24) is 5.32 Å². The summed E-state index contributed by atoms with van der Waals surface area (Å²) in [6, 6.07) is 4.52. The van der Waals surface area contributed by atoms with Crippen molar-refractivity contribution in [3.05, 3.63) is 34.6 Å². The molecule has 0 heterocycles. The van der Waals surface area contributed by atoms with Gasteiger partial charge in [-0.3, -0.25) is 0 Å². The lowest BCUT2D eigenvalue weighted by atomic mass is 10.2. The first-order valence-electron chi connectivity index (χ1n) is 4.58. The molecule has 0 saturated heterocycles. The molecular formula is C10H14ClFN2. The Morgan fingerprint density at radius 1 is 1.36 bits per heavy atom. The van der Waals surface area contributed by atoms with Crippen LogP contribution in [-0.2, 0) is 6.54 Å². The molecule has 2 nitrogen and oxygen atoms in total. The lowest BCUT2D eigenvalue weighted by molar-refractivity contribution is 0.617. The lowest BCUT2D eigenvalue weighted by Gasteiger charge is -2.04. The largest absolute Gasteiger partial charge is 0.330 e. The Balaban J connectivity index is 2.42. The highest BCUT2D eigenvalue weighted by Crippen LogP contribution is 2.13. The van der Waals surface area contributed by atoms with Gasteiger partial charge in [-0.1, -0.05) is 11.6 Å². The van der Waals surface area contributed by atoms with Crippen LogP contribution in [0.15, 0.2) is 18.2 Å². The Labute approximate surface area is 88.2 Å². The Morgan fingerprint density at radius 2 is 2.14 bits per heavy atom. The van der Waals surface area contributed by atoms with Gasteiger partial charge < -0.3 is 11.1 Å². The number of nitrogens with one attached hydrogen (secondary N) is 1. The molecule has 0 aromatic heterocycles. The molecule has 0 atom stereocenters. The van der Waals surface area contributed by atoms with E-state index in [1.165, 1.54) is 12.1 Å². The predicted octanol–water partition coefficient (Wildman–Crippen LogP) is 1.92. The van der Waals surface area contributed by atoms with Crippen LogP contribution in [0.4, 0.5) is 4.39 Å². The van der Waals surface area contributed by atoms with Crippen molar-refractivity contribution in [2.45, 2.75) is 13.0 Å². The Kier molecular flexibility index (Phi) is 4.87. The van der Waals surface area contributed by atoms with Crippen molar-refractivity contribution >= 4 is 11.6 Å². The summed E-state index contributed by atoms with van der Waals surface area (Å²) in [7, 11) is 0. The fourth-order valence-corrected chi connectivity index (χ4v) is 1.42. The van der Waals surface area contributed by atoms with Gasteiger partial charge in [0.15, 0.2) is 0 Å². The van der Waals surface area contributed by atoms with E-state index in [1.807, 2.05) is 0 Å². The minimum absolute atomic E-state index is 0.298. The fourth-order valence-electron chi connectivity index (χ4n) is 1.17. The minimum Gasteiger partial charge on any atom is -0.330 e. The molecule has 1 aromatic rings. The average molecular weight is 217 g/mol. The van der Waals surface area contributed by atoms with Crippen LogP contribution in [0.2, 0.25) is 5.02 Å². The molecule has 1 rings (SSSR count). The molecule has 0 radical (unpaired) electrons. The molecule has 78 valence electrons. The van der Waals surface area contributed by atoms with Crippen LogP contribution in [0.5, 0.6) is 0 Å². The van der Waals surface area contributed by atoms with Gasteiger partial charge in [-0.05, 0) is 43.3 Å². The van der Waals surface area contributed by atoms with Gasteiger partial charge in [-0.2, -0.15) is 0 Å². The normalized spacial score (nSPS) is 10.5. The smallest absolute Gasteiger partial charge is 0.125 e. The molecule has 0 fully saturated rings. The minimum atomic E-state index is -0.298. The fraction of sp³-hybridized carbons (Fsp3) is 0.400. The highest BCUT2D eigenvalue weighted by molar-refractivity contribution is 6.30. The van der Waals surface area contributed by atoms with E-state index in [1.54, 1.807) is 6.07 Å². The highest BCUT2D eigenvalue weighted by Gasteiger charge is 1.98. The maximum absolute atomic E-state index is 12.9. The quantitative estimate of drug-likeness (QED) is 0.738. The second-order valence-electron chi connectivity index (χ2n) is 3.10. The molecule has 0 bridgehead atoms. The van der Waals surface area contributed by atoms with Gasteiger partial charge in [0.2, 0.25) is 0 Å². The van der Waals surface area contributed by atoms with Crippen LogP contribution >= 0.6 is 11.6 Å². The molecule has 0 aliphatic carbocycles. The summed E-state index contributed by atoms with van der Waals surface area (Å²) in [4.78, 5) is 0. The van der Waals surface area contributed by atoms with Crippen LogP contribution < -0.4 is 11.1 Å². The highest BCUT2D eigenvalue weighted by atomic mass is 35.5. The molecule has 4 heteroatoms. The van der Waals surface area contributed by atoms with Gasteiger partial charge in [0.25, 0.3) is 0 Å². The summed E-state index contributed by atoms with van der Waals surface area (Å²) in [5, 5.41) is 3.58. The van der Waals surface area contributed by atoms with Gasteiger partial charge in [-0.25, -0.2) is 4.39 Å². The molecular weight excluding hydrogens is 203 g/mol. The second-order valence-corrected chi connectivity index (χ2v) is 3.53. The topological polar surface area (TPSA) is 38.0 Å². The average Bonchev–Trinajstić information content (AvgIpc) is 2.11. The standard InChI is InChI=1S/C10H14ClFN2/c11-9-4-8(5-10(12)6-9)7-14-3-1-2-13/h4-6,14H,1-3,7,13H2. The number of nitrogens with two attached hydrogens (primary N) is 1. The maximum atomic E-state index is 12.9. The van der Waals surface area contributed by atoms with Gasteiger partial charge in [0.05, 0.1) is 0 Å². The van der Waals surface area contributed by atoms with Gasteiger partial charge in [-0.15, -0.1) is 0 Å². The van der Waals surface area contributed by atoms with Crippen molar-refractivity contribution in [2.75, 3.05) is 13.1 Å². The van der Waals surface area contributed by atoms with E-state index in [4.69, 9.17) is 17.3 Å². The van der Waals surface area contributed by atoms with Crippen LogP contribution in [0, 0.1) is 5.82 Å². The zero-order valence-electron chi connectivity index (χ0n) is 7.89. The first-order valence-corrected chi connectivity index (χ1v) is 4.96. The van der Waals surface area contributed by atoms with E-state index in [-0.39, 0.29) is 5.82 Å². The van der Waals surface area contributed by atoms with E-state index < -0.39 is 0 Å². The molecule has 3 N–H and O–H groups in total. The maximum Gasteiger partial charge on any atom is 0.125 e. The Morgan fingerprint density at radius 3 is 2.79 bits per heavy atom. The molecule has 0 saturated carbocycles. The first kappa shape index (κ1) is 11.4. The summed E-state index contributed by atoms with van der Waals surface area (Å²) >= 11 is 5.70. The van der Waals surface area contributed by atoms with Gasteiger partial charge in [0.1, 0.15) is 5.82 Å². The molecule has 0 aliphatic heterocycles. The van der Waals surface area contributed by atoms with Crippen molar-refractivity contribution in [1.29, 1.82) is 0 Å². The molecule has 0 spiro atoms. The number of benzene rings is 1. The number of hydrogen-bond acceptors (Lipinski definition) is 2. The Hall–Kier alpha value is -0.640. The Bertz CT molecular complexity index is 271. The summed E-state index contributed by atoms with van der Waals surface area (Å²) < 4.78 is 12.9. The van der Waals surface area contributed by atoms with Crippen LogP contribution in [0.3, 0.4) is 0 Å². The monoisotopic (exact) mass is 216 g/mol. The van der Waals surface area contributed by atoms with E-state index in [2.05, 4.69) is 5.32 Å². The molecule has 14 heavy (non-hydrogen) atoms. The molecule has 0 unspecified atom stereocenters. The van der Waals surface area contributed by atoms with Crippen molar-refractivity contribution in [3.63, 3.8) is 0 Å². The zero-order chi connectivity index (χ0) is 10.4. The third kappa shape index (κ3) is 4.05. The van der Waals surface area contributed by atoms with E-state index >= 15 is 0 Å². The summed E-state index contributed by atoms with van der Waals surface area (Å²) in [6.07, 6.45) is 0.920. The van der Waals surface area contributed by atoms with Gasteiger partial charge in [0, 0.05) is 11.6 Å². The van der Waals surface area contributed by atoms with E-state index in [9.17, 15) is 4.39 Å². The SMILES string of the molecule is NCCCNCc1cc(F)cc(Cl)c1. The van der Waals surface area contributed by atoms with Crippen LogP contribution in [0.1, 0.15) is 12.0 Å². The number of hydrogen-bond donors (Lipinski definition) is 2. The predicted molar refractivity (Wildman–Crippen MR) is 56.8 cm³/mol. The first-order chi connectivity index (χ1) is 6.72. The molecule has 1 aromatic carbocycles. The third-order valence-corrected chi connectivity index (χ3v) is 2.03. The third-order valence-electron chi connectivity index (χ3n) is 1.81. The molecule has 0 aliphatic rings. The van der Waals surface area contributed by atoms with Crippen molar-refractivity contribution in [2.24, 2.45) is 5.73 Å². The van der Waals surface area contributed by atoms with E-state index in [0.29, 0.717) is 18.1 Å². The summed E-state index contributed by atoms with van der Waals surface area (Å²) in [5.41, 5.74) is 6.19. The van der Waals surface area contributed by atoms with E-state index in [0.717, 1.165) is 18.5 Å². The van der Waals surface area contributed by atoms with Crippen molar-refractivity contribution in [3.8, 4) is 0 Å². The van der Waals surface area contributed by atoms with Crippen LogP contribution in [0.25, 0.3) is 0 Å². The van der Waals surface area contributed by atoms with Gasteiger partial charge >= 0.3 is 0 Å². The number of halogens is 2. The summed E-state index contributed by atoms with van der Waals surface area (Å²) in [6.45, 7) is 2.12. The van der Waals surface area contributed by atoms with Crippen molar-refractivity contribution < 1.29 is 4.39 Å². The summed E-state index contributed by atoms with van der Waals surface area (Å²) in [5.74, 6) is -0.298. The van der Waals surface area contributed by atoms with Crippen LogP contribution in [-0.4, -0.2) is 13.1 Å². The zero-order valence-corrected chi connectivity index (χ0v) is 8.65. The molecule has 0 amide bonds. The number of rotatable bonds is 5. The lowest BCUT2D eigenvalue weighted by Crippen LogP contribution is -2.17. The second kappa shape index (κ2) is 5.96.